The number of nitrogens with one attached hydrogen (secondary N) is 2. The van der Waals surface area contributed by atoms with Gasteiger partial charge < -0.3 is 15.7 Å². The largest absolute Gasteiger partial charge is 0.481 e. The van der Waals surface area contributed by atoms with E-state index in [4.69, 9.17) is 5.11 Å². The highest BCUT2D eigenvalue weighted by atomic mass is 16.4. The van der Waals surface area contributed by atoms with Gasteiger partial charge in [0.2, 0.25) is 5.91 Å². The third-order valence-electron chi connectivity index (χ3n) is 4.56. The first-order chi connectivity index (χ1) is 11.4. The van der Waals surface area contributed by atoms with Crippen LogP contribution in [-0.2, 0) is 9.59 Å². The number of carboxylic acid groups (broad SMARTS) is 1. The molecule has 0 heterocycles. The normalized spacial score (nSPS) is 14.1. The molecule has 0 atom stereocenters. The molecule has 0 spiro atoms. The molecule has 1 aromatic carbocycles. The van der Waals surface area contributed by atoms with Crippen LogP contribution in [0.25, 0.3) is 0 Å². The monoisotopic (exact) mass is 332 g/mol. The van der Waals surface area contributed by atoms with Gasteiger partial charge in [-0.3, -0.25) is 14.4 Å². The van der Waals surface area contributed by atoms with Crippen LogP contribution < -0.4 is 10.6 Å². The molecule has 0 saturated heterocycles. The molecule has 2 rings (SSSR count). The lowest BCUT2D eigenvalue weighted by atomic mass is 9.88. The van der Waals surface area contributed by atoms with E-state index in [1.165, 1.54) is 0 Å². The van der Waals surface area contributed by atoms with Crippen molar-refractivity contribution in [2.45, 2.75) is 51.5 Å². The van der Waals surface area contributed by atoms with Crippen molar-refractivity contribution >= 4 is 23.5 Å². The minimum Gasteiger partial charge on any atom is -0.481 e. The Hall–Kier alpha value is -2.37. The predicted octanol–water partition coefficient (Wildman–Crippen LogP) is 2.80. The Morgan fingerprint density at radius 3 is 2.42 bits per heavy atom. The number of carboxylic acids is 1. The van der Waals surface area contributed by atoms with E-state index in [0.717, 1.165) is 12.8 Å². The van der Waals surface area contributed by atoms with E-state index in [2.05, 4.69) is 10.6 Å². The average Bonchev–Trinajstić information content (AvgIpc) is 3.38. The van der Waals surface area contributed by atoms with Gasteiger partial charge in [0.1, 0.15) is 0 Å². The molecular weight excluding hydrogens is 308 g/mol. The van der Waals surface area contributed by atoms with Gasteiger partial charge >= 0.3 is 5.97 Å². The predicted molar refractivity (Wildman–Crippen MR) is 90.8 cm³/mol. The summed E-state index contributed by atoms with van der Waals surface area (Å²) in [5, 5.41) is 14.8. The number of hydrogen-bond donors (Lipinski definition) is 3. The van der Waals surface area contributed by atoms with E-state index in [-0.39, 0.29) is 24.2 Å². The van der Waals surface area contributed by atoms with Crippen LogP contribution in [0, 0.1) is 5.92 Å². The zero-order valence-corrected chi connectivity index (χ0v) is 14.1. The minimum absolute atomic E-state index is 0.0186. The third kappa shape index (κ3) is 4.57. The summed E-state index contributed by atoms with van der Waals surface area (Å²) in [6.45, 7) is 3.72. The van der Waals surface area contributed by atoms with Gasteiger partial charge in [-0.2, -0.15) is 0 Å². The molecule has 3 N–H and O–H groups in total. The molecule has 1 aliphatic rings. The van der Waals surface area contributed by atoms with Crippen LogP contribution in [0.4, 0.5) is 5.69 Å². The summed E-state index contributed by atoms with van der Waals surface area (Å²) in [5.41, 5.74) is 0.215. The summed E-state index contributed by atoms with van der Waals surface area (Å²) in [6.07, 6.45) is 2.76. The second-order valence-electron chi connectivity index (χ2n) is 6.36. The first-order valence-corrected chi connectivity index (χ1v) is 8.34. The second kappa shape index (κ2) is 7.47. The molecule has 1 saturated carbocycles. The number of hydrogen-bond acceptors (Lipinski definition) is 3. The van der Waals surface area contributed by atoms with Gasteiger partial charge in [-0.05, 0) is 43.9 Å². The Bertz CT molecular complexity index is 634. The van der Waals surface area contributed by atoms with E-state index in [9.17, 15) is 14.4 Å². The molecule has 0 bridgehead atoms. The van der Waals surface area contributed by atoms with Crippen molar-refractivity contribution in [2.75, 3.05) is 5.32 Å². The fourth-order valence-electron chi connectivity index (χ4n) is 2.65. The summed E-state index contributed by atoms with van der Waals surface area (Å²) >= 11 is 0. The second-order valence-corrected chi connectivity index (χ2v) is 6.36. The van der Waals surface area contributed by atoms with Crippen molar-refractivity contribution in [2.24, 2.45) is 5.92 Å². The minimum atomic E-state index is -0.940. The van der Waals surface area contributed by atoms with E-state index < -0.39 is 11.5 Å². The number of anilines is 1. The Labute approximate surface area is 141 Å². The number of carbonyl (C=O) groups excluding carboxylic acids is 2. The van der Waals surface area contributed by atoms with Crippen LogP contribution in [0.5, 0.6) is 0 Å². The SMILES string of the molecule is CCC(CC)(CC(=O)O)NC(=O)c1cccc(NC(=O)C2CC2)c1. The van der Waals surface area contributed by atoms with Gasteiger partial charge in [0.25, 0.3) is 5.91 Å². The molecule has 1 aliphatic carbocycles. The van der Waals surface area contributed by atoms with Crippen molar-refractivity contribution in [1.82, 2.24) is 5.32 Å². The van der Waals surface area contributed by atoms with Gasteiger partial charge in [-0.1, -0.05) is 19.9 Å². The molecule has 24 heavy (non-hydrogen) atoms. The van der Waals surface area contributed by atoms with Gasteiger partial charge in [-0.15, -0.1) is 0 Å². The summed E-state index contributed by atoms with van der Waals surface area (Å²) in [6, 6.07) is 6.71. The quantitative estimate of drug-likeness (QED) is 0.682. The van der Waals surface area contributed by atoms with Gasteiger partial charge in [0.15, 0.2) is 0 Å². The van der Waals surface area contributed by atoms with Crippen molar-refractivity contribution in [3.05, 3.63) is 29.8 Å². The molecule has 2 amide bonds. The van der Waals surface area contributed by atoms with E-state index in [1.54, 1.807) is 24.3 Å². The molecule has 6 heteroatoms. The number of aliphatic carboxylic acids is 1. The van der Waals surface area contributed by atoms with E-state index in [1.807, 2.05) is 13.8 Å². The Balaban J connectivity index is 2.10. The van der Waals surface area contributed by atoms with E-state index in [0.29, 0.717) is 24.1 Å². The van der Waals surface area contributed by atoms with Crippen LogP contribution in [-0.4, -0.2) is 28.4 Å². The van der Waals surface area contributed by atoms with Crippen LogP contribution in [0.1, 0.15) is 56.3 Å². The van der Waals surface area contributed by atoms with Crippen molar-refractivity contribution in [1.29, 1.82) is 0 Å². The molecule has 0 radical (unpaired) electrons. The maximum atomic E-state index is 12.5. The Morgan fingerprint density at radius 1 is 1.21 bits per heavy atom. The van der Waals surface area contributed by atoms with Crippen molar-refractivity contribution < 1.29 is 19.5 Å². The fourth-order valence-corrected chi connectivity index (χ4v) is 2.65. The van der Waals surface area contributed by atoms with Crippen LogP contribution in [0.2, 0.25) is 0 Å². The molecule has 6 nitrogen and oxygen atoms in total. The first kappa shape index (κ1) is 18.0. The zero-order chi connectivity index (χ0) is 17.7. The third-order valence-corrected chi connectivity index (χ3v) is 4.56. The van der Waals surface area contributed by atoms with Crippen molar-refractivity contribution in [3.63, 3.8) is 0 Å². The summed E-state index contributed by atoms with van der Waals surface area (Å²) in [5.74, 6) is -1.20. The molecular formula is C18H24N2O4. The van der Waals surface area contributed by atoms with E-state index >= 15 is 0 Å². The Kier molecular flexibility index (Phi) is 5.59. The van der Waals surface area contributed by atoms with Crippen molar-refractivity contribution in [3.8, 4) is 0 Å². The molecule has 130 valence electrons. The maximum absolute atomic E-state index is 12.5. The van der Waals surface area contributed by atoms with Crippen LogP contribution >= 0.6 is 0 Å². The zero-order valence-electron chi connectivity index (χ0n) is 14.1. The van der Waals surface area contributed by atoms with Gasteiger partial charge in [-0.25, -0.2) is 0 Å². The number of carbonyl (C=O) groups is 3. The topological polar surface area (TPSA) is 95.5 Å². The molecule has 0 aromatic heterocycles. The lowest BCUT2D eigenvalue weighted by Crippen LogP contribution is -2.49. The highest BCUT2D eigenvalue weighted by molar-refractivity contribution is 5.98. The smallest absolute Gasteiger partial charge is 0.305 e. The highest BCUT2D eigenvalue weighted by Gasteiger charge is 2.32. The molecule has 0 aliphatic heterocycles. The Morgan fingerprint density at radius 2 is 1.88 bits per heavy atom. The lowest BCUT2D eigenvalue weighted by molar-refractivity contribution is -0.138. The number of amides is 2. The highest BCUT2D eigenvalue weighted by Crippen LogP contribution is 2.30. The van der Waals surface area contributed by atoms with Gasteiger partial charge in [0, 0.05) is 17.2 Å². The molecule has 1 fully saturated rings. The summed E-state index contributed by atoms with van der Waals surface area (Å²) in [7, 11) is 0. The van der Waals surface area contributed by atoms with Gasteiger partial charge in [0.05, 0.1) is 12.0 Å². The fraction of sp³-hybridized carbons (Fsp3) is 0.500. The number of rotatable bonds is 8. The maximum Gasteiger partial charge on any atom is 0.305 e. The lowest BCUT2D eigenvalue weighted by Gasteiger charge is -2.31. The molecule has 0 unspecified atom stereocenters. The first-order valence-electron chi connectivity index (χ1n) is 8.34. The summed E-state index contributed by atoms with van der Waals surface area (Å²) in [4.78, 5) is 35.4. The van der Waals surface area contributed by atoms with Crippen LogP contribution in [0.15, 0.2) is 24.3 Å². The number of benzene rings is 1. The average molecular weight is 332 g/mol. The molecule has 1 aromatic rings. The van der Waals surface area contributed by atoms with Crippen LogP contribution in [0.3, 0.4) is 0 Å². The standard InChI is InChI=1S/C18H24N2O4/c1-3-18(4-2,11-15(21)22)20-17(24)13-6-5-7-14(10-13)19-16(23)12-8-9-12/h5-7,10,12H,3-4,8-9,11H2,1-2H3,(H,19,23)(H,20,24)(H,21,22). The summed E-state index contributed by atoms with van der Waals surface area (Å²) < 4.78 is 0.